The van der Waals surface area contributed by atoms with Crippen LogP contribution in [0.15, 0.2) is 0 Å². The summed E-state index contributed by atoms with van der Waals surface area (Å²) in [5.74, 6) is 0.810. The number of methoxy groups -OCH3 is 1. The van der Waals surface area contributed by atoms with Crippen LogP contribution in [0, 0.1) is 5.92 Å². The first-order valence-corrected chi connectivity index (χ1v) is 8.14. The second kappa shape index (κ2) is 7.41. The monoisotopic (exact) mass is 282 g/mol. The molecular formula is C16H30N2O2. The van der Waals surface area contributed by atoms with Crippen LogP contribution in [0.5, 0.6) is 0 Å². The molecule has 2 saturated heterocycles. The first kappa shape index (κ1) is 15.8. The summed E-state index contributed by atoms with van der Waals surface area (Å²) < 4.78 is 5.43. The molecule has 2 heterocycles. The highest BCUT2D eigenvalue weighted by Crippen LogP contribution is 2.22. The molecule has 2 rings (SSSR count). The lowest BCUT2D eigenvalue weighted by Crippen LogP contribution is -2.49. The first-order chi connectivity index (χ1) is 9.60. The van der Waals surface area contributed by atoms with Gasteiger partial charge in [-0.1, -0.05) is 13.8 Å². The lowest BCUT2D eigenvalue weighted by Gasteiger charge is -2.41. The van der Waals surface area contributed by atoms with Gasteiger partial charge in [-0.05, 0) is 31.6 Å². The standard InChI is InChI=1S/C16H30N2O2/c1-13(2)12-16(19)18-8-4-14(5-9-18)17-10-6-15(20-3)7-11-17/h13-15H,4-12H2,1-3H3. The van der Waals surface area contributed by atoms with Crippen LogP contribution in [0.1, 0.15) is 46.0 Å². The lowest BCUT2D eigenvalue weighted by molar-refractivity contribution is -0.133. The molecule has 0 bridgehead atoms. The van der Waals surface area contributed by atoms with Crippen LogP contribution >= 0.6 is 0 Å². The Kier molecular flexibility index (Phi) is 5.85. The highest BCUT2D eigenvalue weighted by molar-refractivity contribution is 5.76. The van der Waals surface area contributed by atoms with E-state index in [0.29, 0.717) is 30.4 Å². The third kappa shape index (κ3) is 4.19. The van der Waals surface area contributed by atoms with Gasteiger partial charge in [-0.15, -0.1) is 0 Å². The molecule has 4 nitrogen and oxygen atoms in total. The molecule has 2 aliphatic rings. The number of carbonyl (C=O) groups excluding carboxylic acids is 1. The number of likely N-dealkylation sites (tertiary alicyclic amines) is 2. The molecule has 0 unspecified atom stereocenters. The minimum atomic E-state index is 0.344. The number of rotatable bonds is 4. The molecule has 1 amide bonds. The average Bonchev–Trinajstić information content (AvgIpc) is 2.47. The molecule has 0 aromatic rings. The fourth-order valence-electron chi connectivity index (χ4n) is 3.44. The number of hydrogen-bond acceptors (Lipinski definition) is 3. The van der Waals surface area contributed by atoms with Gasteiger partial charge in [-0.2, -0.15) is 0 Å². The zero-order valence-electron chi connectivity index (χ0n) is 13.3. The molecule has 0 aliphatic carbocycles. The third-order valence-electron chi connectivity index (χ3n) is 4.73. The van der Waals surface area contributed by atoms with Crippen molar-refractivity contribution in [2.75, 3.05) is 33.3 Å². The largest absolute Gasteiger partial charge is 0.381 e. The predicted octanol–water partition coefficient (Wildman–Crippen LogP) is 2.13. The molecule has 0 aromatic heterocycles. The van der Waals surface area contributed by atoms with E-state index in [1.807, 2.05) is 7.11 Å². The van der Waals surface area contributed by atoms with Crippen molar-refractivity contribution in [2.24, 2.45) is 5.92 Å². The van der Waals surface area contributed by atoms with Crippen molar-refractivity contribution >= 4 is 5.91 Å². The van der Waals surface area contributed by atoms with Crippen LogP contribution in [0.3, 0.4) is 0 Å². The molecule has 0 radical (unpaired) electrons. The highest BCUT2D eigenvalue weighted by atomic mass is 16.5. The zero-order valence-corrected chi connectivity index (χ0v) is 13.3. The molecule has 0 aromatic carbocycles. The van der Waals surface area contributed by atoms with Crippen LogP contribution in [-0.2, 0) is 9.53 Å². The van der Waals surface area contributed by atoms with Gasteiger partial charge in [0.25, 0.3) is 0 Å². The molecule has 20 heavy (non-hydrogen) atoms. The van der Waals surface area contributed by atoms with E-state index in [9.17, 15) is 4.79 Å². The van der Waals surface area contributed by atoms with Crippen molar-refractivity contribution in [3.05, 3.63) is 0 Å². The fourth-order valence-corrected chi connectivity index (χ4v) is 3.44. The van der Waals surface area contributed by atoms with Gasteiger partial charge in [0.05, 0.1) is 6.10 Å². The van der Waals surface area contributed by atoms with E-state index < -0.39 is 0 Å². The Bertz CT molecular complexity index is 304. The second-order valence-corrected chi connectivity index (χ2v) is 6.68. The van der Waals surface area contributed by atoms with E-state index >= 15 is 0 Å². The van der Waals surface area contributed by atoms with Crippen LogP contribution in [0.4, 0.5) is 0 Å². The maximum absolute atomic E-state index is 12.1. The fraction of sp³-hybridized carbons (Fsp3) is 0.938. The summed E-state index contributed by atoms with van der Waals surface area (Å²) in [6, 6.07) is 0.677. The molecule has 116 valence electrons. The van der Waals surface area contributed by atoms with Gasteiger partial charge in [0.2, 0.25) is 5.91 Å². The Morgan fingerprint density at radius 2 is 1.70 bits per heavy atom. The molecule has 2 fully saturated rings. The quantitative estimate of drug-likeness (QED) is 0.792. The van der Waals surface area contributed by atoms with Gasteiger partial charge < -0.3 is 14.5 Å². The Morgan fingerprint density at radius 3 is 2.20 bits per heavy atom. The summed E-state index contributed by atoms with van der Waals surface area (Å²) in [4.78, 5) is 16.7. The second-order valence-electron chi connectivity index (χ2n) is 6.68. The van der Waals surface area contributed by atoms with Gasteiger partial charge in [0, 0.05) is 45.8 Å². The summed E-state index contributed by atoms with van der Waals surface area (Å²) in [6.07, 6.45) is 5.75. The Balaban J connectivity index is 1.73. The first-order valence-electron chi connectivity index (χ1n) is 8.14. The van der Waals surface area contributed by atoms with Gasteiger partial charge >= 0.3 is 0 Å². The third-order valence-corrected chi connectivity index (χ3v) is 4.73. The summed E-state index contributed by atoms with van der Waals surface area (Å²) in [6.45, 7) is 8.43. The number of hydrogen-bond donors (Lipinski definition) is 0. The lowest BCUT2D eigenvalue weighted by atomic mass is 9.98. The smallest absolute Gasteiger partial charge is 0.222 e. The van der Waals surface area contributed by atoms with Crippen molar-refractivity contribution in [1.82, 2.24) is 9.80 Å². The van der Waals surface area contributed by atoms with Gasteiger partial charge in [-0.3, -0.25) is 4.79 Å². The number of piperidine rings is 2. The highest BCUT2D eigenvalue weighted by Gasteiger charge is 2.29. The van der Waals surface area contributed by atoms with Crippen LogP contribution in [0.2, 0.25) is 0 Å². The van der Waals surface area contributed by atoms with Crippen molar-refractivity contribution in [1.29, 1.82) is 0 Å². The Labute approximate surface area is 123 Å². The van der Waals surface area contributed by atoms with E-state index in [-0.39, 0.29) is 0 Å². The number of ether oxygens (including phenoxy) is 1. The van der Waals surface area contributed by atoms with Gasteiger partial charge in [0.15, 0.2) is 0 Å². The molecule has 0 saturated carbocycles. The maximum Gasteiger partial charge on any atom is 0.222 e. The minimum absolute atomic E-state index is 0.344. The molecule has 0 N–H and O–H groups in total. The van der Waals surface area contributed by atoms with E-state index in [0.717, 1.165) is 51.9 Å². The van der Waals surface area contributed by atoms with E-state index in [2.05, 4.69) is 23.6 Å². The van der Waals surface area contributed by atoms with Crippen LogP contribution < -0.4 is 0 Å². The normalized spacial score (nSPS) is 23.5. The number of nitrogens with zero attached hydrogens (tertiary/aromatic N) is 2. The molecule has 0 spiro atoms. The molecule has 4 heteroatoms. The minimum Gasteiger partial charge on any atom is -0.381 e. The van der Waals surface area contributed by atoms with Gasteiger partial charge in [-0.25, -0.2) is 0 Å². The summed E-state index contributed by atoms with van der Waals surface area (Å²) in [7, 11) is 1.82. The van der Waals surface area contributed by atoms with Crippen LogP contribution in [-0.4, -0.2) is 61.1 Å². The molecule has 0 atom stereocenters. The van der Waals surface area contributed by atoms with E-state index in [1.165, 1.54) is 0 Å². The van der Waals surface area contributed by atoms with Gasteiger partial charge in [0.1, 0.15) is 0 Å². The Hall–Kier alpha value is -0.610. The van der Waals surface area contributed by atoms with E-state index in [1.54, 1.807) is 0 Å². The summed E-state index contributed by atoms with van der Waals surface area (Å²) in [5, 5.41) is 0. The van der Waals surface area contributed by atoms with Crippen molar-refractivity contribution < 1.29 is 9.53 Å². The molecule has 2 aliphatic heterocycles. The zero-order chi connectivity index (χ0) is 14.5. The van der Waals surface area contributed by atoms with Crippen molar-refractivity contribution in [2.45, 2.75) is 58.1 Å². The van der Waals surface area contributed by atoms with Crippen molar-refractivity contribution in [3.8, 4) is 0 Å². The topological polar surface area (TPSA) is 32.8 Å². The maximum atomic E-state index is 12.1. The predicted molar refractivity (Wildman–Crippen MR) is 80.7 cm³/mol. The van der Waals surface area contributed by atoms with Crippen LogP contribution in [0.25, 0.3) is 0 Å². The van der Waals surface area contributed by atoms with Crippen molar-refractivity contribution in [3.63, 3.8) is 0 Å². The number of amides is 1. The summed E-state index contributed by atoms with van der Waals surface area (Å²) in [5.41, 5.74) is 0. The molecular weight excluding hydrogens is 252 g/mol. The Morgan fingerprint density at radius 1 is 1.10 bits per heavy atom. The SMILES string of the molecule is COC1CCN(C2CCN(C(=O)CC(C)C)CC2)CC1. The summed E-state index contributed by atoms with van der Waals surface area (Å²) >= 11 is 0. The number of carbonyl (C=O) groups is 1. The van der Waals surface area contributed by atoms with E-state index in [4.69, 9.17) is 4.74 Å². The average molecular weight is 282 g/mol.